The molecule has 2 aromatic carbocycles. The Hall–Kier alpha value is -2.74. The van der Waals surface area contributed by atoms with Crippen molar-refractivity contribution in [3.05, 3.63) is 54.1 Å². The zero-order valence-corrected chi connectivity index (χ0v) is 19.4. The molecule has 0 aliphatic heterocycles. The second-order valence-electron chi connectivity index (χ2n) is 7.42. The van der Waals surface area contributed by atoms with Crippen molar-refractivity contribution in [2.45, 2.75) is 39.7 Å². The molecule has 0 saturated carbocycles. The number of hydrogen-bond acceptors (Lipinski definition) is 5. The number of amides is 1. The van der Waals surface area contributed by atoms with Crippen molar-refractivity contribution in [1.29, 1.82) is 0 Å². The van der Waals surface area contributed by atoms with Gasteiger partial charge in [0.05, 0.1) is 24.7 Å². The van der Waals surface area contributed by atoms with Gasteiger partial charge in [0.25, 0.3) is 0 Å². The second-order valence-corrected chi connectivity index (χ2v) is 9.33. The number of hydrogen-bond donors (Lipinski definition) is 1. The van der Waals surface area contributed by atoms with Crippen LogP contribution in [0.5, 0.6) is 11.5 Å². The van der Waals surface area contributed by atoms with E-state index >= 15 is 0 Å². The largest absolute Gasteiger partial charge is 0.494 e. The van der Waals surface area contributed by atoms with E-state index in [0.717, 1.165) is 34.7 Å². The lowest BCUT2D eigenvalue weighted by Gasteiger charge is -2.22. The molecule has 2 aromatic rings. The Morgan fingerprint density at radius 2 is 1.77 bits per heavy atom. The highest BCUT2D eigenvalue weighted by Crippen LogP contribution is 2.22. The molecule has 0 aromatic heterocycles. The van der Waals surface area contributed by atoms with Crippen LogP contribution < -0.4 is 19.1 Å². The molecule has 31 heavy (non-hydrogen) atoms. The molecule has 8 heteroatoms. The van der Waals surface area contributed by atoms with Crippen molar-refractivity contribution in [2.24, 2.45) is 0 Å². The third-order valence-corrected chi connectivity index (χ3v) is 5.54. The van der Waals surface area contributed by atoms with Crippen LogP contribution in [0.15, 0.2) is 48.5 Å². The monoisotopic (exact) mass is 448 g/mol. The molecule has 0 spiro atoms. The smallest absolute Gasteiger partial charge is 0.240 e. The van der Waals surface area contributed by atoms with Gasteiger partial charge in [0.1, 0.15) is 18.0 Å². The molecule has 0 radical (unpaired) electrons. The van der Waals surface area contributed by atoms with Gasteiger partial charge in [0.15, 0.2) is 0 Å². The molecule has 0 aliphatic rings. The van der Waals surface area contributed by atoms with E-state index in [4.69, 9.17) is 9.47 Å². The molecule has 1 amide bonds. The number of rotatable bonds is 12. The first-order valence-electron chi connectivity index (χ1n) is 10.4. The molecular weight excluding hydrogens is 416 g/mol. The van der Waals surface area contributed by atoms with Crippen LogP contribution in [0.1, 0.15) is 32.8 Å². The van der Waals surface area contributed by atoms with Crippen LogP contribution in [0.2, 0.25) is 0 Å². The molecule has 0 atom stereocenters. The van der Waals surface area contributed by atoms with Gasteiger partial charge in [-0.15, -0.1) is 0 Å². The van der Waals surface area contributed by atoms with Crippen molar-refractivity contribution in [2.75, 3.05) is 30.3 Å². The number of nitrogens with one attached hydrogen (secondary N) is 1. The Labute approximate surface area is 185 Å². The SMILES string of the molecule is CCOc1ccccc1CCCNC(=O)CN(c1ccc(OC(C)C)cc1)S(C)(=O)=O. The summed E-state index contributed by atoms with van der Waals surface area (Å²) < 4.78 is 36.8. The van der Waals surface area contributed by atoms with E-state index in [9.17, 15) is 13.2 Å². The summed E-state index contributed by atoms with van der Waals surface area (Å²) in [6.07, 6.45) is 2.58. The van der Waals surface area contributed by atoms with Crippen LogP contribution in [-0.2, 0) is 21.2 Å². The molecule has 2 rings (SSSR count). The number of carbonyl (C=O) groups is 1. The Bertz CT molecular complexity index is 943. The highest BCUT2D eigenvalue weighted by molar-refractivity contribution is 7.92. The highest BCUT2D eigenvalue weighted by Gasteiger charge is 2.20. The Morgan fingerprint density at radius 1 is 1.10 bits per heavy atom. The average Bonchev–Trinajstić information content (AvgIpc) is 2.70. The molecule has 0 fully saturated rings. The number of para-hydroxylation sites is 1. The first-order valence-corrected chi connectivity index (χ1v) is 12.3. The third kappa shape index (κ3) is 8.13. The number of sulfonamides is 1. The number of anilines is 1. The number of ether oxygens (including phenoxy) is 2. The zero-order valence-electron chi connectivity index (χ0n) is 18.6. The quantitative estimate of drug-likeness (QED) is 0.503. The van der Waals surface area contributed by atoms with Crippen LogP contribution in [0.4, 0.5) is 5.69 Å². The number of carbonyl (C=O) groups excluding carboxylic acids is 1. The lowest BCUT2D eigenvalue weighted by Crippen LogP contribution is -2.40. The van der Waals surface area contributed by atoms with Gasteiger partial charge in [-0.25, -0.2) is 8.42 Å². The summed E-state index contributed by atoms with van der Waals surface area (Å²) >= 11 is 0. The minimum absolute atomic E-state index is 0.0168. The molecule has 0 heterocycles. The molecular formula is C23H32N2O5S. The normalized spacial score (nSPS) is 11.3. The third-order valence-electron chi connectivity index (χ3n) is 4.40. The van der Waals surface area contributed by atoms with Gasteiger partial charge in [0, 0.05) is 6.54 Å². The minimum atomic E-state index is -3.62. The van der Waals surface area contributed by atoms with Gasteiger partial charge in [0.2, 0.25) is 15.9 Å². The van der Waals surface area contributed by atoms with Gasteiger partial charge in [-0.05, 0) is 69.5 Å². The molecule has 0 aliphatic carbocycles. The number of nitrogens with zero attached hydrogens (tertiary/aromatic N) is 1. The number of aryl methyl sites for hydroxylation is 1. The molecule has 0 saturated heterocycles. The van der Waals surface area contributed by atoms with Crippen LogP contribution in [0.3, 0.4) is 0 Å². The Kier molecular flexibility index (Phi) is 9.18. The lowest BCUT2D eigenvalue weighted by atomic mass is 10.1. The molecule has 0 bridgehead atoms. The van der Waals surface area contributed by atoms with Gasteiger partial charge < -0.3 is 14.8 Å². The first-order chi connectivity index (χ1) is 14.7. The Morgan fingerprint density at radius 3 is 2.39 bits per heavy atom. The molecule has 1 N–H and O–H groups in total. The van der Waals surface area contributed by atoms with Crippen LogP contribution in [-0.4, -0.2) is 46.4 Å². The van der Waals surface area contributed by atoms with Gasteiger partial charge >= 0.3 is 0 Å². The maximum absolute atomic E-state index is 12.4. The van der Waals surface area contributed by atoms with Crippen molar-refractivity contribution >= 4 is 21.6 Å². The van der Waals surface area contributed by atoms with Gasteiger partial charge in [-0.3, -0.25) is 9.10 Å². The van der Waals surface area contributed by atoms with E-state index in [-0.39, 0.29) is 18.6 Å². The molecule has 0 unspecified atom stereocenters. The lowest BCUT2D eigenvalue weighted by molar-refractivity contribution is -0.119. The fraction of sp³-hybridized carbons (Fsp3) is 0.435. The summed E-state index contributed by atoms with van der Waals surface area (Å²) in [5, 5.41) is 2.80. The van der Waals surface area contributed by atoms with Crippen LogP contribution >= 0.6 is 0 Å². The maximum Gasteiger partial charge on any atom is 0.240 e. The zero-order chi connectivity index (χ0) is 22.9. The van der Waals surface area contributed by atoms with E-state index in [2.05, 4.69) is 5.32 Å². The van der Waals surface area contributed by atoms with Crippen molar-refractivity contribution < 1.29 is 22.7 Å². The van der Waals surface area contributed by atoms with E-state index in [1.54, 1.807) is 24.3 Å². The summed E-state index contributed by atoms with van der Waals surface area (Å²) in [6, 6.07) is 14.5. The van der Waals surface area contributed by atoms with E-state index < -0.39 is 10.0 Å². The molecule has 170 valence electrons. The topological polar surface area (TPSA) is 84.9 Å². The predicted octanol–water partition coefficient (Wildman–Crippen LogP) is 3.39. The molecule has 7 nitrogen and oxygen atoms in total. The van der Waals surface area contributed by atoms with Gasteiger partial charge in [-0.1, -0.05) is 18.2 Å². The predicted molar refractivity (Wildman–Crippen MR) is 123 cm³/mol. The van der Waals surface area contributed by atoms with Crippen molar-refractivity contribution in [3.63, 3.8) is 0 Å². The summed E-state index contributed by atoms with van der Waals surface area (Å²) in [6.45, 7) is 6.53. The summed E-state index contributed by atoms with van der Waals surface area (Å²) in [7, 11) is -3.62. The highest BCUT2D eigenvalue weighted by atomic mass is 32.2. The van der Waals surface area contributed by atoms with E-state index in [1.807, 2.05) is 45.0 Å². The maximum atomic E-state index is 12.4. The van der Waals surface area contributed by atoms with Crippen LogP contribution in [0.25, 0.3) is 0 Å². The standard InChI is InChI=1S/C23H32N2O5S/c1-5-29-22-11-7-6-9-19(22)10-8-16-24-23(26)17-25(31(4,27)28)20-12-14-21(15-13-20)30-18(2)3/h6-7,9,11-15,18H,5,8,10,16-17H2,1-4H3,(H,24,26). The summed E-state index contributed by atoms with van der Waals surface area (Å²) in [5.41, 5.74) is 1.50. The van der Waals surface area contributed by atoms with E-state index in [1.165, 1.54) is 0 Å². The van der Waals surface area contributed by atoms with Crippen molar-refractivity contribution in [3.8, 4) is 11.5 Å². The summed E-state index contributed by atoms with van der Waals surface area (Å²) in [5.74, 6) is 1.14. The van der Waals surface area contributed by atoms with E-state index in [0.29, 0.717) is 24.6 Å². The van der Waals surface area contributed by atoms with Gasteiger partial charge in [-0.2, -0.15) is 0 Å². The Balaban J connectivity index is 1.92. The first kappa shape index (κ1) is 24.5. The van der Waals surface area contributed by atoms with Crippen molar-refractivity contribution in [1.82, 2.24) is 5.32 Å². The average molecular weight is 449 g/mol. The fourth-order valence-corrected chi connectivity index (χ4v) is 3.92. The fourth-order valence-electron chi connectivity index (χ4n) is 3.06. The number of benzene rings is 2. The van der Waals surface area contributed by atoms with Crippen LogP contribution in [0, 0.1) is 0 Å². The second kappa shape index (κ2) is 11.6. The minimum Gasteiger partial charge on any atom is -0.494 e. The summed E-state index contributed by atoms with van der Waals surface area (Å²) in [4.78, 5) is 12.4.